The first-order valence-electron chi connectivity index (χ1n) is 6.44. The molecule has 0 radical (unpaired) electrons. The Balaban J connectivity index is -0.0000000620. The van der Waals surface area contributed by atoms with Crippen molar-refractivity contribution in [1.82, 2.24) is 0 Å². The zero-order chi connectivity index (χ0) is 18.6. The second-order valence-corrected chi connectivity index (χ2v) is 3.51. The van der Waals surface area contributed by atoms with Gasteiger partial charge in [-0.25, -0.2) is 19.2 Å². The summed E-state index contributed by atoms with van der Waals surface area (Å²) >= 11 is 0. The van der Waals surface area contributed by atoms with Gasteiger partial charge in [0.25, 0.3) is 0 Å². The Kier molecular flexibility index (Phi) is 39.7. The molecule has 0 aromatic rings. The van der Waals surface area contributed by atoms with E-state index in [4.69, 9.17) is 51.1 Å². The molecule has 0 heterocycles. The van der Waals surface area contributed by atoms with E-state index < -0.39 is 23.9 Å². The van der Waals surface area contributed by atoms with Crippen LogP contribution in [0.5, 0.6) is 0 Å². The maximum Gasteiger partial charge on any atom is 0.414 e. The van der Waals surface area contributed by atoms with Crippen LogP contribution < -0.4 is 11.5 Å². The monoisotopic (exact) mass is 344 g/mol. The second kappa shape index (κ2) is 28.0. The van der Waals surface area contributed by atoms with Crippen LogP contribution in [0.2, 0.25) is 0 Å². The molecule has 0 fully saturated rings. The third-order valence-corrected chi connectivity index (χ3v) is 1.48. The lowest BCUT2D eigenvalue weighted by Crippen LogP contribution is -2.09. The predicted octanol–water partition coefficient (Wildman–Crippen LogP) is -1.02. The van der Waals surface area contributed by atoms with Crippen molar-refractivity contribution in [2.45, 2.75) is 39.5 Å². The normalized spacial score (nSPS) is 7.48. The van der Waals surface area contributed by atoms with E-state index in [9.17, 15) is 0 Å². The molecule has 0 saturated heterocycles. The number of unbranched alkanes of at least 4 members (excludes halogenated alkanes) is 2. The maximum absolute atomic E-state index is 9.10. The molecule has 0 rings (SSSR count). The van der Waals surface area contributed by atoms with Gasteiger partial charge < -0.3 is 37.4 Å². The van der Waals surface area contributed by atoms with Gasteiger partial charge >= 0.3 is 23.9 Å². The largest absolute Gasteiger partial charge is 0.473 e. The molecule has 140 valence electrons. The van der Waals surface area contributed by atoms with Crippen LogP contribution in [0.25, 0.3) is 0 Å². The number of hydrogen-bond acceptors (Lipinski definition) is 6. The molecule has 0 aromatic carbocycles. The average molecular weight is 344 g/mol. The summed E-state index contributed by atoms with van der Waals surface area (Å²) in [4.78, 5) is 36.4. The van der Waals surface area contributed by atoms with Crippen molar-refractivity contribution in [3.8, 4) is 0 Å². The summed E-state index contributed by atoms with van der Waals surface area (Å²) in [5.41, 5.74) is 10.3. The Bertz CT molecular complexity index is 251. The maximum atomic E-state index is 9.10. The first-order chi connectivity index (χ1) is 10.1. The van der Waals surface area contributed by atoms with E-state index in [-0.39, 0.29) is 5.48 Å². The highest BCUT2D eigenvalue weighted by atomic mass is 16.4. The molecule has 0 unspecified atom stereocenters. The van der Waals surface area contributed by atoms with Crippen LogP contribution in [0, 0.1) is 0 Å². The Morgan fingerprint density at radius 3 is 0.826 bits per heavy atom. The van der Waals surface area contributed by atoms with Crippen molar-refractivity contribution < 1.29 is 45.1 Å². The number of carbonyl (C=O) groups is 4. The van der Waals surface area contributed by atoms with Gasteiger partial charge in [-0.1, -0.05) is 26.7 Å². The van der Waals surface area contributed by atoms with Crippen LogP contribution >= 0.6 is 0 Å². The Labute approximate surface area is 134 Å². The smallest absolute Gasteiger partial charge is 0.414 e. The summed E-state index contributed by atoms with van der Waals surface area (Å²) in [6.45, 7) is 5.95. The Morgan fingerprint density at radius 1 is 0.652 bits per heavy atom. The van der Waals surface area contributed by atoms with Gasteiger partial charge in [0.05, 0.1) is 0 Å². The zero-order valence-corrected chi connectivity index (χ0v) is 13.3. The number of rotatable bonds is 4. The van der Waals surface area contributed by atoms with Crippen LogP contribution in [-0.4, -0.2) is 62.9 Å². The number of carboxylic acid groups (broad SMARTS) is 4. The molecule has 11 heteroatoms. The van der Waals surface area contributed by atoms with Crippen molar-refractivity contribution in [1.29, 1.82) is 0 Å². The molecule has 0 aliphatic heterocycles. The molecule has 0 spiro atoms. The highest BCUT2D eigenvalue weighted by molar-refractivity contribution is 6.27. The summed E-state index contributed by atoms with van der Waals surface area (Å²) in [6.07, 6.45) is 4.77. The van der Waals surface area contributed by atoms with E-state index in [2.05, 4.69) is 13.8 Å². The topological polar surface area (TPSA) is 233 Å². The standard InChI is InChI=1S/2C4H11N.2C2H2O4.H2O/c2*1-2-3-4-5;2*3-1(4)2(5)6;/h2*2-5H2,1H3;2*(H,3,4)(H,5,6);1H2. The van der Waals surface area contributed by atoms with Crippen molar-refractivity contribution >= 4 is 23.9 Å². The van der Waals surface area contributed by atoms with Gasteiger partial charge in [-0.2, -0.15) is 0 Å². The predicted molar refractivity (Wildman–Crippen MR) is 82.1 cm³/mol. The fourth-order valence-corrected chi connectivity index (χ4v) is 0.408. The first-order valence-corrected chi connectivity index (χ1v) is 6.44. The van der Waals surface area contributed by atoms with Crippen LogP contribution in [0.15, 0.2) is 0 Å². The fraction of sp³-hybridized carbons (Fsp3) is 0.667. The van der Waals surface area contributed by atoms with Gasteiger partial charge in [-0.3, -0.25) is 0 Å². The van der Waals surface area contributed by atoms with Crippen LogP contribution in [0.3, 0.4) is 0 Å². The van der Waals surface area contributed by atoms with Crippen LogP contribution in [-0.2, 0) is 19.2 Å². The molecular weight excluding hydrogens is 316 g/mol. The lowest BCUT2D eigenvalue weighted by molar-refractivity contribution is -0.159. The van der Waals surface area contributed by atoms with Crippen molar-refractivity contribution in [2.75, 3.05) is 13.1 Å². The molecule has 0 amide bonds. The van der Waals surface area contributed by atoms with Gasteiger partial charge in [0.1, 0.15) is 0 Å². The SMILES string of the molecule is CCCCN.CCCCN.O.O=C(O)C(=O)O.O=C(O)C(=O)O. The van der Waals surface area contributed by atoms with E-state index in [0.717, 1.165) is 13.1 Å². The number of nitrogens with two attached hydrogens (primary N) is 2. The molecule has 0 saturated carbocycles. The summed E-state index contributed by atoms with van der Waals surface area (Å²) in [7, 11) is 0. The molecule has 0 bridgehead atoms. The molecule has 0 atom stereocenters. The molecule has 0 aliphatic carbocycles. The summed E-state index contributed by atoms with van der Waals surface area (Å²) in [6, 6.07) is 0. The molecular formula is C12H28N2O9. The van der Waals surface area contributed by atoms with Gasteiger partial charge in [0.15, 0.2) is 0 Å². The van der Waals surface area contributed by atoms with E-state index in [1.165, 1.54) is 25.7 Å². The number of aliphatic carboxylic acids is 4. The number of hydrogen-bond donors (Lipinski definition) is 6. The third-order valence-electron chi connectivity index (χ3n) is 1.48. The first kappa shape index (κ1) is 32.6. The molecule has 0 aromatic heterocycles. The highest BCUT2D eigenvalue weighted by Crippen LogP contribution is 1.77. The van der Waals surface area contributed by atoms with E-state index in [0.29, 0.717) is 0 Å². The third kappa shape index (κ3) is 65.4. The van der Waals surface area contributed by atoms with Crippen LogP contribution in [0.4, 0.5) is 0 Å². The van der Waals surface area contributed by atoms with Crippen molar-refractivity contribution in [3.63, 3.8) is 0 Å². The summed E-state index contributed by atoms with van der Waals surface area (Å²) in [5.74, 6) is -7.30. The number of carboxylic acids is 4. The summed E-state index contributed by atoms with van der Waals surface area (Å²) < 4.78 is 0. The Morgan fingerprint density at radius 2 is 0.826 bits per heavy atom. The lowest BCUT2D eigenvalue weighted by atomic mass is 10.3. The minimum Gasteiger partial charge on any atom is -0.473 e. The molecule has 23 heavy (non-hydrogen) atoms. The van der Waals surface area contributed by atoms with Gasteiger partial charge in [-0.15, -0.1) is 0 Å². The second-order valence-electron chi connectivity index (χ2n) is 3.51. The minimum atomic E-state index is -1.82. The lowest BCUT2D eigenvalue weighted by Gasteiger charge is -1.80. The average Bonchev–Trinajstić information content (AvgIpc) is 2.42. The fourth-order valence-electron chi connectivity index (χ4n) is 0.408. The van der Waals surface area contributed by atoms with Gasteiger partial charge in [0.2, 0.25) is 0 Å². The van der Waals surface area contributed by atoms with E-state index in [1.54, 1.807) is 0 Å². The molecule has 0 aliphatic rings. The highest BCUT2D eigenvalue weighted by Gasteiger charge is 2.04. The summed E-state index contributed by atoms with van der Waals surface area (Å²) in [5, 5.41) is 29.6. The van der Waals surface area contributed by atoms with E-state index in [1.807, 2.05) is 0 Å². The molecule has 10 N–H and O–H groups in total. The van der Waals surface area contributed by atoms with Gasteiger partial charge in [-0.05, 0) is 25.9 Å². The van der Waals surface area contributed by atoms with Gasteiger partial charge in [0, 0.05) is 0 Å². The Hall–Kier alpha value is -2.24. The zero-order valence-electron chi connectivity index (χ0n) is 13.3. The quantitative estimate of drug-likeness (QED) is 0.339. The van der Waals surface area contributed by atoms with E-state index >= 15 is 0 Å². The molecule has 11 nitrogen and oxygen atoms in total. The van der Waals surface area contributed by atoms with Crippen LogP contribution in [0.1, 0.15) is 39.5 Å². The van der Waals surface area contributed by atoms with Crippen molar-refractivity contribution in [2.24, 2.45) is 11.5 Å². The van der Waals surface area contributed by atoms with Crippen molar-refractivity contribution in [3.05, 3.63) is 0 Å². The minimum absolute atomic E-state index is 0.